The third kappa shape index (κ3) is 4.61. The molecule has 22 heavy (non-hydrogen) atoms. The van der Waals surface area contributed by atoms with Crippen molar-refractivity contribution in [2.45, 2.75) is 51.1 Å². The fraction of sp³-hybridized carbons (Fsp3) is 0.625. The van der Waals surface area contributed by atoms with Gasteiger partial charge in [0.2, 0.25) is 0 Å². The van der Waals surface area contributed by atoms with Crippen molar-refractivity contribution in [3.63, 3.8) is 0 Å². The molecule has 1 saturated heterocycles. The predicted octanol–water partition coefficient (Wildman–Crippen LogP) is 3.36. The van der Waals surface area contributed by atoms with E-state index in [2.05, 4.69) is 4.90 Å². The molecule has 1 aliphatic heterocycles. The number of alkyl halides is 3. The lowest BCUT2D eigenvalue weighted by Crippen LogP contribution is -2.45. The number of ether oxygens (including phenoxy) is 1. The molecule has 0 radical (unpaired) electrons. The van der Waals surface area contributed by atoms with Crippen LogP contribution in [0.15, 0.2) is 24.3 Å². The SMILES string of the molecule is CC(C)(O)C1CCCN1Cc1ccccc1OCC(F)(F)F. The molecule has 1 aliphatic rings. The van der Waals surface area contributed by atoms with Crippen LogP contribution in [0.25, 0.3) is 0 Å². The van der Waals surface area contributed by atoms with Gasteiger partial charge in [0.1, 0.15) is 5.75 Å². The summed E-state index contributed by atoms with van der Waals surface area (Å²) in [6.07, 6.45) is -2.49. The van der Waals surface area contributed by atoms with Crippen molar-refractivity contribution in [1.29, 1.82) is 0 Å². The second kappa shape index (κ2) is 6.46. The normalized spacial score (nSPS) is 20.4. The molecule has 124 valence electrons. The van der Waals surface area contributed by atoms with Gasteiger partial charge in [0, 0.05) is 18.2 Å². The van der Waals surface area contributed by atoms with Gasteiger partial charge in [-0.15, -0.1) is 0 Å². The van der Waals surface area contributed by atoms with Gasteiger partial charge < -0.3 is 9.84 Å². The lowest BCUT2D eigenvalue weighted by Gasteiger charge is -2.34. The van der Waals surface area contributed by atoms with Crippen LogP contribution in [-0.4, -0.2) is 41.0 Å². The summed E-state index contributed by atoms with van der Waals surface area (Å²) in [6.45, 7) is 3.54. The number of aliphatic hydroxyl groups is 1. The van der Waals surface area contributed by atoms with Crippen LogP contribution < -0.4 is 4.74 Å². The Morgan fingerprint density at radius 1 is 1.27 bits per heavy atom. The third-order valence-electron chi connectivity index (χ3n) is 3.92. The van der Waals surface area contributed by atoms with Crippen LogP contribution in [0.3, 0.4) is 0 Å². The van der Waals surface area contributed by atoms with Crippen LogP contribution >= 0.6 is 0 Å². The van der Waals surface area contributed by atoms with Gasteiger partial charge in [-0.2, -0.15) is 13.2 Å². The lowest BCUT2D eigenvalue weighted by atomic mass is 9.96. The first-order valence-corrected chi connectivity index (χ1v) is 7.41. The molecule has 0 aromatic heterocycles. The second-order valence-electron chi connectivity index (χ2n) is 6.29. The molecule has 1 N–H and O–H groups in total. The van der Waals surface area contributed by atoms with Gasteiger partial charge in [0.25, 0.3) is 0 Å². The molecule has 1 heterocycles. The van der Waals surface area contributed by atoms with Gasteiger partial charge >= 0.3 is 6.18 Å². The Hall–Kier alpha value is -1.27. The largest absolute Gasteiger partial charge is 0.484 e. The molecule has 0 spiro atoms. The highest BCUT2D eigenvalue weighted by molar-refractivity contribution is 5.33. The average molecular weight is 317 g/mol. The monoisotopic (exact) mass is 317 g/mol. The molecule has 3 nitrogen and oxygen atoms in total. The molecule has 0 aliphatic carbocycles. The summed E-state index contributed by atoms with van der Waals surface area (Å²) in [7, 11) is 0. The maximum Gasteiger partial charge on any atom is 0.422 e. The summed E-state index contributed by atoms with van der Waals surface area (Å²) in [5.74, 6) is 0.251. The van der Waals surface area contributed by atoms with E-state index in [0.717, 1.165) is 19.4 Å². The van der Waals surface area contributed by atoms with Gasteiger partial charge in [-0.3, -0.25) is 4.90 Å². The van der Waals surface area contributed by atoms with E-state index >= 15 is 0 Å². The highest BCUT2D eigenvalue weighted by atomic mass is 19.4. The molecular formula is C16H22F3NO2. The zero-order valence-electron chi connectivity index (χ0n) is 12.9. The molecule has 0 bridgehead atoms. The standard InChI is InChI=1S/C16H22F3NO2/c1-15(2,21)14-8-5-9-20(14)10-12-6-3-4-7-13(12)22-11-16(17,18)19/h3-4,6-7,14,21H,5,8-11H2,1-2H3. The van der Waals surface area contributed by atoms with Crippen molar-refractivity contribution in [3.05, 3.63) is 29.8 Å². The minimum atomic E-state index is -4.35. The number of para-hydroxylation sites is 1. The molecule has 1 aromatic carbocycles. The van der Waals surface area contributed by atoms with Crippen molar-refractivity contribution >= 4 is 0 Å². The summed E-state index contributed by atoms with van der Waals surface area (Å²) in [5, 5.41) is 10.2. The van der Waals surface area contributed by atoms with E-state index in [0.29, 0.717) is 12.1 Å². The maximum absolute atomic E-state index is 12.3. The minimum Gasteiger partial charge on any atom is -0.484 e. The number of rotatable bonds is 5. The smallest absolute Gasteiger partial charge is 0.422 e. The van der Waals surface area contributed by atoms with Gasteiger partial charge in [0.05, 0.1) is 5.60 Å². The lowest BCUT2D eigenvalue weighted by molar-refractivity contribution is -0.153. The number of likely N-dealkylation sites (tertiary alicyclic amines) is 1. The van der Waals surface area contributed by atoms with Gasteiger partial charge in [-0.25, -0.2) is 0 Å². The number of hydrogen-bond acceptors (Lipinski definition) is 3. The van der Waals surface area contributed by atoms with Crippen molar-refractivity contribution in [2.24, 2.45) is 0 Å². The zero-order chi connectivity index (χ0) is 16.4. The molecule has 1 atom stereocenters. The van der Waals surface area contributed by atoms with Gasteiger partial charge in [0.15, 0.2) is 6.61 Å². The van der Waals surface area contributed by atoms with E-state index in [4.69, 9.17) is 4.74 Å². The van der Waals surface area contributed by atoms with E-state index in [1.54, 1.807) is 38.1 Å². The van der Waals surface area contributed by atoms with Crippen LogP contribution in [0.5, 0.6) is 5.75 Å². The summed E-state index contributed by atoms with van der Waals surface area (Å²) >= 11 is 0. The second-order valence-corrected chi connectivity index (χ2v) is 6.29. The summed E-state index contributed by atoms with van der Waals surface area (Å²) in [6, 6.07) is 6.77. The Morgan fingerprint density at radius 3 is 2.59 bits per heavy atom. The maximum atomic E-state index is 12.3. The van der Waals surface area contributed by atoms with Gasteiger partial charge in [-0.05, 0) is 39.3 Å². The zero-order valence-corrected chi connectivity index (χ0v) is 12.9. The topological polar surface area (TPSA) is 32.7 Å². The van der Waals surface area contributed by atoms with Crippen molar-refractivity contribution in [1.82, 2.24) is 4.90 Å². The molecule has 0 amide bonds. The van der Waals surface area contributed by atoms with E-state index in [1.807, 2.05) is 0 Å². The highest BCUT2D eigenvalue weighted by Gasteiger charge is 2.36. The first-order valence-electron chi connectivity index (χ1n) is 7.41. The van der Waals surface area contributed by atoms with Crippen LogP contribution in [0, 0.1) is 0 Å². The summed E-state index contributed by atoms with van der Waals surface area (Å²) in [5.41, 5.74) is -0.124. The van der Waals surface area contributed by atoms with Crippen molar-refractivity contribution in [2.75, 3.05) is 13.2 Å². The van der Waals surface area contributed by atoms with E-state index in [-0.39, 0.29) is 11.8 Å². The molecule has 1 aromatic rings. The van der Waals surface area contributed by atoms with E-state index < -0.39 is 18.4 Å². The van der Waals surface area contributed by atoms with E-state index in [9.17, 15) is 18.3 Å². The molecule has 1 fully saturated rings. The number of hydrogen-bond donors (Lipinski definition) is 1. The average Bonchev–Trinajstić information content (AvgIpc) is 2.85. The fourth-order valence-electron chi connectivity index (χ4n) is 2.97. The minimum absolute atomic E-state index is 0.00294. The Balaban J connectivity index is 2.09. The molecular weight excluding hydrogens is 295 g/mol. The fourth-order valence-corrected chi connectivity index (χ4v) is 2.97. The number of nitrogens with zero attached hydrogens (tertiary/aromatic N) is 1. The first kappa shape index (κ1) is 17.1. The number of halogens is 3. The predicted molar refractivity (Wildman–Crippen MR) is 77.7 cm³/mol. The van der Waals surface area contributed by atoms with Crippen LogP contribution in [0.2, 0.25) is 0 Å². The third-order valence-corrected chi connectivity index (χ3v) is 3.92. The van der Waals surface area contributed by atoms with Crippen molar-refractivity contribution in [3.8, 4) is 5.75 Å². The Labute approximate surface area is 128 Å². The Morgan fingerprint density at radius 2 is 1.95 bits per heavy atom. The van der Waals surface area contributed by atoms with Crippen molar-refractivity contribution < 1.29 is 23.0 Å². The number of benzene rings is 1. The van der Waals surface area contributed by atoms with Crippen LogP contribution in [-0.2, 0) is 6.54 Å². The molecule has 1 unspecified atom stereocenters. The van der Waals surface area contributed by atoms with Crippen LogP contribution in [0.4, 0.5) is 13.2 Å². The van der Waals surface area contributed by atoms with E-state index in [1.165, 1.54) is 0 Å². The Bertz CT molecular complexity index is 497. The van der Waals surface area contributed by atoms with Gasteiger partial charge in [-0.1, -0.05) is 18.2 Å². The summed E-state index contributed by atoms with van der Waals surface area (Å²) < 4.78 is 41.9. The Kier molecular flexibility index (Phi) is 5.02. The quantitative estimate of drug-likeness (QED) is 0.904. The van der Waals surface area contributed by atoms with Crippen LogP contribution in [0.1, 0.15) is 32.3 Å². The first-order chi connectivity index (χ1) is 10.2. The highest BCUT2D eigenvalue weighted by Crippen LogP contribution is 2.30. The molecule has 0 saturated carbocycles. The molecule has 6 heteroatoms. The molecule has 2 rings (SSSR count). The summed E-state index contributed by atoms with van der Waals surface area (Å²) in [4.78, 5) is 2.11.